The Morgan fingerprint density at radius 3 is 0.913 bits per heavy atom. The highest BCUT2D eigenvalue weighted by atomic mass is 28.4. The lowest BCUT2D eigenvalue weighted by Gasteiger charge is -2.26. The fraction of sp³-hybridized carbons (Fsp3) is 1.00. The van der Waals surface area contributed by atoms with E-state index in [1.54, 1.807) is 0 Å². The van der Waals surface area contributed by atoms with Crippen LogP contribution < -0.4 is 0 Å². The minimum absolute atomic E-state index is 0.548. The van der Waals surface area contributed by atoms with Crippen molar-refractivity contribution in [2.75, 3.05) is 46.2 Å². The fourth-order valence-corrected chi connectivity index (χ4v) is 4.31. The summed E-state index contributed by atoms with van der Waals surface area (Å²) in [6, 6.07) is 0. The minimum Gasteiger partial charge on any atom is -0.371 e. The highest BCUT2D eigenvalue weighted by molar-refractivity contribution is 6.53. The van der Waals surface area contributed by atoms with Crippen LogP contribution in [0.5, 0.6) is 0 Å². The van der Waals surface area contributed by atoms with Crippen molar-refractivity contribution in [2.24, 2.45) is 0 Å². The highest BCUT2D eigenvalue weighted by Gasteiger charge is 2.44. The second-order valence-corrected chi connectivity index (χ2v) is 7.30. The molecule has 0 aliphatic heterocycles. The number of rotatable bonds is 14. The molecule has 1 radical (unpaired) electrons. The highest BCUT2D eigenvalue weighted by Crippen LogP contribution is 2.11. The average molecular weight is 372 g/mol. The quantitative estimate of drug-likeness (QED) is 0.435. The number of hydrogen-bond donors (Lipinski definition) is 0. The summed E-state index contributed by atoms with van der Waals surface area (Å²) in [6.07, 6.45) is 0. The molecular formula is C14H35O7Si2. The van der Waals surface area contributed by atoms with Gasteiger partial charge in [0.2, 0.25) is 0 Å². The van der Waals surface area contributed by atoms with Crippen molar-refractivity contribution in [1.82, 2.24) is 0 Å². The molecule has 0 saturated carbocycles. The Morgan fingerprint density at radius 2 is 0.739 bits per heavy atom. The van der Waals surface area contributed by atoms with Crippen molar-refractivity contribution in [1.29, 1.82) is 0 Å². The molecule has 0 spiro atoms. The predicted octanol–water partition coefficient (Wildman–Crippen LogP) is 2.65. The molecule has 0 fully saturated rings. The lowest BCUT2D eigenvalue weighted by Crippen LogP contribution is -2.49. The van der Waals surface area contributed by atoms with Crippen molar-refractivity contribution >= 4 is 18.6 Å². The summed E-state index contributed by atoms with van der Waals surface area (Å²) >= 11 is 0. The maximum Gasteiger partial charge on any atom is 0.679 e. The molecule has 0 heterocycles. The van der Waals surface area contributed by atoms with Crippen LogP contribution in [0, 0.1) is 0 Å². The van der Waals surface area contributed by atoms with Crippen LogP contribution in [0.25, 0.3) is 0 Å². The van der Waals surface area contributed by atoms with Crippen molar-refractivity contribution in [3.8, 4) is 0 Å². The van der Waals surface area contributed by atoms with Gasteiger partial charge >= 0.3 is 18.6 Å². The zero-order valence-corrected chi connectivity index (χ0v) is 17.8. The van der Waals surface area contributed by atoms with Gasteiger partial charge in [-0.2, -0.15) is 0 Å². The van der Waals surface area contributed by atoms with Crippen LogP contribution >= 0.6 is 0 Å². The van der Waals surface area contributed by atoms with Crippen LogP contribution in [-0.2, 0) is 31.0 Å². The molecule has 141 valence electrons. The molecule has 0 aliphatic rings. The molecule has 0 N–H and O–H groups in total. The summed E-state index contributed by atoms with van der Waals surface area (Å²) in [7, 11) is -4.19. The maximum absolute atomic E-state index is 5.42. The molecule has 0 aliphatic carbocycles. The summed E-state index contributed by atoms with van der Waals surface area (Å²) in [4.78, 5) is 0. The third-order valence-electron chi connectivity index (χ3n) is 2.07. The molecule has 0 saturated heterocycles. The molecule has 0 bridgehead atoms. The molecule has 23 heavy (non-hydrogen) atoms. The lowest BCUT2D eigenvalue weighted by atomic mass is 10.9. The standard InChI is InChI=1S/C8H20O4Si.C6H15O3Si/c1-5-9-13(10-6-2,11-7-3)12-8-4;1-4-7-10(8-5-2)9-6-3/h5-8H2,1-4H3;4-6H2,1-3H3. The average Bonchev–Trinajstić information content (AvgIpc) is 2.50. The van der Waals surface area contributed by atoms with E-state index >= 15 is 0 Å². The van der Waals surface area contributed by atoms with Gasteiger partial charge in [-0.05, 0) is 48.5 Å². The van der Waals surface area contributed by atoms with Gasteiger partial charge in [0.25, 0.3) is 0 Å². The van der Waals surface area contributed by atoms with Crippen LogP contribution in [0.1, 0.15) is 48.5 Å². The van der Waals surface area contributed by atoms with E-state index in [0.29, 0.717) is 46.2 Å². The van der Waals surface area contributed by atoms with Gasteiger partial charge in [-0.3, -0.25) is 0 Å². The summed E-state index contributed by atoms with van der Waals surface area (Å²) in [5.74, 6) is 0. The maximum atomic E-state index is 5.42. The Balaban J connectivity index is 0. The van der Waals surface area contributed by atoms with Gasteiger partial charge < -0.3 is 31.0 Å². The van der Waals surface area contributed by atoms with Crippen LogP contribution in [-0.4, -0.2) is 64.8 Å². The fourth-order valence-electron chi connectivity index (χ4n) is 1.44. The molecule has 9 heteroatoms. The monoisotopic (exact) mass is 371 g/mol. The molecule has 0 aromatic carbocycles. The molecule has 0 unspecified atom stereocenters. The van der Waals surface area contributed by atoms with Gasteiger partial charge in [-0.25, -0.2) is 0 Å². The first kappa shape index (κ1) is 25.4. The first-order chi connectivity index (χ1) is 11.1. The van der Waals surface area contributed by atoms with Crippen molar-refractivity contribution < 1.29 is 31.0 Å². The van der Waals surface area contributed by atoms with E-state index in [1.165, 1.54) is 0 Å². The van der Waals surface area contributed by atoms with E-state index in [4.69, 9.17) is 31.0 Å². The number of hydrogen-bond acceptors (Lipinski definition) is 7. The smallest absolute Gasteiger partial charge is 0.371 e. The normalized spacial score (nSPS) is 11.5. The van der Waals surface area contributed by atoms with Gasteiger partial charge in [0, 0.05) is 46.2 Å². The van der Waals surface area contributed by atoms with E-state index in [1.807, 2.05) is 48.5 Å². The van der Waals surface area contributed by atoms with Crippen LogP contribution in [0.3, 0.4) is 0 Å². The SMILES string of the molecule is CCO[Si](OCC)(OCC)OCC.CCO[Si](OCC)OCC. The minimum atomic E-state index is -2.80. The van der Waals surface area contributed by atoms with Gasteiger partial charge in [0.1, 0.15) is 0 Å². The van der Waals surface area contributed by atoms with E-state index in [2.05, 4.69) is 0 Å². The second-order valence-electron chi connectivity index (χ2n) is 3.78. The van der Waals surface area contributed by atoms with Crippen molar-refractivity contribution in [3.05, 3.63) is 0 Å². The van der Waals surface area contributed by atoms with Crippen LogP contribution in [0.4, 0.5) is 0 Å². The Labute approximate surface area is 145 Å². The first-order valence-electron chi connectivity index (χ1n) is 8.40. The van der Waals surface area contributed by atoms with E-state index in [0.717, 1.165) is 0 Å². The van der Waals surface area contributed by atoms with Crippen LogP contribution in [0.15, 0.2) is 0 Å². The molecule has 0 aromatic rings. The Kier molecular flexibility index (Phi) is 20.4. The van der Waals surface area contributed by atoms with Gasteiger partial charge in [0.15, 0.2) is 0 Å². The van der Waals surface area contributed by atoms with Crippen molar-refractivity contribution in [2.45, 2.75) is 48.5 Å². The second kappa shape index (κ2) is 18.5. The predicted molar refractivity (Wildman–Crippen MR) is 92.9 cm³/mol. The molecule has 7 nitrogen and oxygen atoms in total. The lowest BCUT2D eigenvalue weighted by molar-refractivity contribution is -0.0247. The molecule has 0 rings (SSSR count). The van der Waals surface area contributed by atoms with Gasteiger partial charge in [-0.15, -0.1) is 0 Å². The first-order valence-corrected chi connectivity index (χ1v) is 11.3. The Hall–Kier alpha value is 0.154. The van der Waals surface area contributed by atoms with Crippen LogP contribution in [0.2, 0.25) is 0 Å². The van der Waals surface area contributed by atoms with Crippen molar-refractivity contribution in [3.63, 3.8) is 0 Å². The van der Waals surface area contributed by atoms with Gasteiger partial charge in [0.05, 0.1) is 0 Å². The zero-order valence-electron chi connectivity index (χ0n) is 15.8. The Bertz CT molecular complexity index is 191. The summed E-state index contributed by atoms with van der Waals surface area (Å²) in [5.41, 5.74) is 0. The molecule has 0 atom stereocenters. The summed E-state index contributed by atoms with van der Waals surface area (Å²) < 4.78 is 37.2. The Morgan fingerprint density at radius 1 is 0.478 bits per heavy atom. The van der Waals surface area contributed by atoms with E-state index < -0.39 is 18.6 Å². The molecule has 0 amide bonds. The summed E-state index contributed by atoms with van der Waals surface area (Å²) in [5, 5.41) is 0. The topological polar surface area (TPSA) is 64.6 Å². The zero-order chi connectivity index (χ0) is 18.0. The van der Waals surface area contributed by atoms with E-state index in [9.17, 15) is 0 Å². The summed E-state index contributed by atoms with van der Waals surface area (Å²) in [6.45, 7) is 17.6. The third-order valence-corrected chi connectivity index (χ3v) is 6.21. The third kappa shape index (κ3) is 14.2. The molecule has 0 aromatic heterocycles. The van der Waals surface area contributed by atoms with E-state index in [-0.39, 0.29) is 0 Å². The largest absolute Gasteiger partial charge is 0.679 e. The van der Waals surface area contributed by atoms with Gasteiger partial charge in [-0.1, -0.05) is 0 Å². The molecular weight excluding hydrogens is 336 g/mol.